The lowest BCUT2D eigenvalue weighted by Gasteiger charge is -2.11. The van der Waals surface area contributed by atoms with E-state index in [4.69, 9.17) is 22.1 Å². The fourth-order valence-electron chi connectivity index (χ4n) is 3.06. The van der Waals surface area contributed by atoms with Gasteiger partial charge in [-0.15, -0.1) is 0 Å². The summed E-state index contributed by atoms with van der Waals surface area (Å²) in [5, 5.41) is 29.0. The van der Waals surface area contributed by atoms with Crippen LogP contribution in [0.25, 0.3) is 27.8 Å². The third-order valence-corrected chi connectivity index (χ3v) is 4.67. The first-order valence-electron chi connectivity index (χ1n) is 8.06. The Morgan fingerprint density at radius 2 is 2.00 bits per heavy atom. The molecule has 0 unspecified atom stereocenters. The number of aromatic hydroxyl groups is 2. The molecule has 2 aromatic carbocycles. The van der Waals surface area contributed by atoms with Gasteiger partial charge in [0, 0.05) is 29.6 Å². The van der Waals surface area contributed by atoms with Crippen molar-refractivity contribution in [2.75, 3.05) is 0 Å². The number of nitrogens with zero attached hydrogens (tertiary/aromatic N) is 4. The highest BCUT2D eigenvalue weighted by molar-refractivity contribution is 6.31. The molecule has 0 fully saturated rings. The average molecular weight is 400 g/mol. The molecule has 0 aliphatic heterocycles. The summed E-state index contributed by atoms with van der Waals surface area (Å²) in [6.45, 7) is 0. The number of carbonyl (C=O) groups is 1. The smallest absolute Gasteiger partial charge is 0.411 e. The monoisotopic (exact) mass is 399 g/mol. The van der Waals surface area contributed by atoms with E-state index in [0.717, 1.165) is 17.0 Å². The maximum absolute atomic E-state index is 11.3. The van der Waals surface area contributed by atoms with Crippen LogP contribution in [-0.4, -0.2) is 35.9 Å². The number of benzene rings is 2. The molecule has 0 aliphatic rings. The molecule has 0 bridgehead atoms. The molecular weight excluding hydrogens is 386 g/mol. The average Bonchev–Trinajstić information content (AvgIpc) is 3.16. The summed E-state index contributed by atoms with van der Waals surface area (Å²) in [7, 11) is 1.82. The number of fused-ring (bicyclic) bond motifs is 1. The van der Waals surface area contributed by atoms with Gasteiger partial charge in [0.2, 0.25) is 0 Å². The summed E-state index contributed by atoms with van der Waals surface area (Å²) in [4.78, 5) is 11.3. The lowest BCUT2D eigenvalue weighted by atomic mass is 10.1. The van der Waals surface area contributed by atoms with Gasteiger partial charge in [-0.1, -0.05) is 34.0 Å². The maximum atomic E-state index is 11.3. The molecule has 0 atom stereocenters. The first-order chi connectivity index (χ1) is 13.4. The molecule has 4 aromatic rings. The van der Waals surface area contributed by atoms with E-state index in [1.54, 1.807) is 22.8 Å². The summed E-state index contributed by atoms with van der Waals surface area (Å²) in [5.74, 6) is -0.490. The van der Waals surface area contributed by atoms with Gasteiger partial charge in [-0.05, 0) is 24.3 Å². The van der Waals surface area contributed by atoms with E-state index in [1.807, 2.05) is 13.1 Å². The second-order valence-corrected chi connectivity index (χ2v) is 6.40. The van der Waals surface area contributed by atoms with Crippen molar-refractivity contribution in [1.29, 1.82) is 0 Å². The van der Waals surface area contributed by atoms with Crippen molar-refractivity contribution in [3.8, 4) is 34.3 Å². The highest BCUT2D eigenvalue weighted by atomic mass is 35.5. The number of hydrogen-bond donors (Lipinski definition) is 3. The number of rotatable bonds is 3. The topological polar surface area (TPSA) is 128 Å². The summed E-state index contributed by atoms with van der Waals surface area (Å²) in [6, 6.07) is 11.2. The normalized spacial score (nSPS) is 11.1. The first kappa shape index (κ1) is 17.7. The Balaban J connectivity index is 2.04. The van der Waals surface area contributed by atoms with Gasteiger partial charge in [0.25, 0.3) is 5.88 Å². The van der Waals surface area contributed by atoms with Gasteiger partial charge >= 0.3 is 6.09 Å². The highest BCUT2D eigenvalue weighted by Gasteiger charge is 2.23. The van der Waals surface area contributed by atoms with Gasteiger partial charge in [-0.25, -0.2) is 9.48 Å². The number of nitrogens with two attached hydrogens (primary N) is 1. The predicted molar refractivity (Wildman–Crippen MR) is 102 cm³/mol. The molecule has 9 nitrogen and oxygen atoms in total. The van der Waals surface area contributed by atoms with Gasteiger partial charge < -0.3 is 25.3 Å². The summed E-state index contributed by atoms with van der Waals surface area (Å²) < 4.78 is 8.11. The molecule has 2 aromatic heterocycles. The van der Waals surface area contributed by atoms with Crippen molar-refractivity contribution >= 4 is 28.6 Å². The molecular formula is C18H14ClN5O4. The molecule has 0 spiro atoms. The molecule has 28 heavy (non-hydrogen) atoms. The Kier molecular flexibility index (Phi) is 4.08. The van der Waals surface area contributed by atoms with Gasteiger partial charge in [0.15, 0.2) is 0 Å². The van der Waals surface area contributed by atoms with Gasteiger partial charge in [0.05, 0.1) is 0 Å². The number of aromatic nitrogens is 4. The predicted octanol–water partition coefficient (Wildman–Crippen LogP) is 2.95. The van der Waals surface area contributed by atoms with E-state index in [-0.39, 0.29) is 28.8 Å². The van der Waals surface area contributed by atoms with Crippen LogP contribution in [0.2, 0.25) is 5.15 Å². The van der Waals surface area contributed by atoms with Crippen LogP contribution in [0.5, 0.6) is 17.4 Å². The van der Waals surface area contributed by atoms with Crippen LogP contribution in [0.1, 0.15) is 0 Å². The molecule has 10 heteroatoms. The third-order valence-electron chi connectivity index (χ3n) is 4.31. The van der Waals surface area contributed by atoms with Crippen molar-refractivity contribution in [2.24, 2.45) is 12.8 Å². The summed E-state index contributed by atoms with van der Waals surface area (Å²) in [5.41, 5.74) is 7.10. The molecule has 0 radical (unpaired) electrons. The van der Waals surface area contributed by atoms with E-state index in [0.29, 0.717) is 10.7 Å². The van der Waals surface area contributed by atoms with Crippen LogP contribution in [0, 0.1) is 0 Å². The van der Waals surface area contributed by atoms with E-state index in [1.165, 1.54) is 16.8 Å². The van der Waals surface area contributed by atoms with E-state index in [2.05, 4.69) is 10.3 Å². The number of phenolic OH excluding ortho intramolecular Hbond substituents is 2. The number of ether oxygens (including phenoxy) is 1. The number of halogens is 1. The van der Waals surface area contributed by atoms with Crippen molar-refractivity contribution in [1.82, 2.24) is 19.6 Å². The first-order valence-corrected chi connectivity index (χ1v) is 8.44. The molecule has 142 valence electrons. The molecule has 4 N–H and O–H groups in total. The van der Waals surface area contributed by atoms with Gasteiger partial charge in [0.1, 0.15) is 28.0 Å². The van der Waals surface area contributed by atoms with Crippen LogP contribution < -0.4 is 10.5 Å². The van der Waals surface area contributed by atoms with Gasteiger partial charge in [-0.3, -0.25) is 0 Å². The van der Waals surface area contributed by atoms with E-state index < -0.39 is 6.09 Å². The summed E-state index contributed by atoms with van der Waals surface area (Å²) >= 11 is 6.26. The highest BCUT2D eigenvalue weighted by Crippen LogP contribution is 2.39. The van der Waals surface area contributed by atoms with Gasteiger partial charge in [-0.2, -0.15) is 0 Å². The number of hydrogen-bond acceptors (Lipinski definition) is 6. The number of primary amides is 1. The van der Waals surface area contributed by atoms with Crippen molar-refractivity contribution in [3.63, 3.8) is 0 Å². The SMILES string of the molecule is Cn1c(Cl)cc2c(-c3c(OC(N)=O)nnn3-c3ccc(O)cc3O)cccc21. The number of phenols is 2. The van der Waals surface area contributed by atoms with Crippen LogP contribution in [-0.2, 0) is 7.05 Å². The molecule has 0 aliphatic carbocycles. The Morgan fingerprint density at radius 3 is 2.71 bits per heavy atom. The van der Waals surface area contributed by atoms with Crippen molar-refractivity contribution in [3.05, 3.63) is 47.6 Å². The van der Waals surface area contributed by atoms with Crippen molar-refractivity contribution in [2.45, 2.75) is 0 Å². The molecule has 0 saturated carbocycles. The lowest BCUT2D eigenvalue weighted by molar-refractivity contribution is 0.209. The van der Waals surface area contributed by atoms with Crippen LogP contribution >= 0.6 is 11.6 Å². The summed E-state index contributed by atoms with van der Waals surface area (Å²) in [6.07, 6.45) is -1.05. The fraction of sp³-hybridized carbons (Fsp3) is 0.0556. The molecule has 0 saturated heterocycles. The third kappa shape index (κ3) is 2.78. The fourth-order valence-corrected chi connectivity index (χ4v) is 3.26. The van der Waals surface area contributed by atoms with E-state index in [9.17, 15) is 15.0 Å². The van der Waals surface area contributed by atoms with Crippen LogP contribution in [0.3, 0.4) is 0 Å². The number of carbonyl (C=O) groups excluding carboxylic acids is 1. The Hall–Kier alpha value is -3.72. The number of aryl methyl sites for hydroxylation is 1. The zero-order valence-corrected chi connectivity index (χ0v) is 15.3. The Labute approximate surface area is 163 Å². The quantitative estimate of drug-likeness (QED) is 0.485. The second-order valence-electron chi connectivity index (χ2n) is 6.01. The molecule has 4 rings (SSSR count). The van der Waals surface area contributed by atoms with Crippen LogP contribution in [0.4, 0.5) is 4.79 Å². The molecule has 1 amide bonds. The second kappa shape index (κ2) is 6.46. The van der Waals surface area contributed by atoms with Crippen LogP contribution in [0.15, 0.2) is 42.5 Å². The standard InChI is InChI=1S/C18H14ClN5O4/c1-23-12-4-2-3-10(11(12)8-15(23)19)16-17(28-18(20)27)21-22-24(16)13-6-5-9(25)7-14(13)26/h2-8,25-26H,1H3,(H2,20,27). The van der Waals surface area contributed by atoms with Crippen molar-refractivity contribution < 1.29 is 19.7 Å². The largest absolute Gasteiger partial charge is 0.508 e. The maximum Gasteiger partial charge on any atom is 0.411 e. The minimum atomic E-state index is -1.05. The Morgan fingerprint density at radius 1 is 1.21 bits per heavy atom. The zero-order valence-electron chi connectivity index (χ0n) is 14.5. The zero-order chi connectivity index (χ0) is 20.0. The minimum Gasteiger partial charge on any atom is -0.508 e. The van der Waals surface area contributed by atoms with E-state index >= 15 is 0 Å². The minimum absolute atomic E-state index is 0.117. The number of amides is 1. The Bertz CT molecular complexity index is 1230. The molecule has 2 heterocycles. The lowest BCUT2D eigenvalue weighted by Crippen LogP contribution is -2.17.